The van der Waals surface area contributed by atoms with E-state index >= 15 is 0 Å². The highest BCUT2D eigenvalue weighted by molar-refractivity contribution is 7.98. The Bertz CT molecular complexity index is 552. The second-order valence-corrected chi connectivity index (χ2v) is 5.92. The summed E-state index contributed by atoms with van der Waals surface area (Å²) in [6, 6.07) is 6.62. The lowest BCUT2D eigenvalue weighted by Gasteiger charge is -2.25. The Morgan fingerprint density at radius 3 is 2.95 bits per heavy atom. The number of hydrogen-bond acceptors (Lipinski definition) is 4. The van der Waals surface area contributed by atoms with Crippen LogP contribution in [0.15, 0.2) is 24.4 Å². The number of anilines is 1. The number of fused-ring (bicyclic) bond motifs is 1. The molecule has 0 aliphatic heterocycles. The Labute approximate surface area is 125 Å². The van der Waals surface area contributed by atoms with Crippen LogP contribution in [0.3, 0.4) is 0 Å². The fraction of sp³-hybridized carbons (Fsp3) is 0.533. The molecule has 5 heteroatoms. The van der Waals surface area contributed by atoms with Gasteiger partial charge in [-0.15, -0.1) is 0 Å². The number of nitrogens with zero attached hydrogens (tertiary/aromatic N) is 3. The topological polar surface area (TPSA) is 32.6 Å². The van der Waals surface area contributed by atoms with Crippen LogP contribution in [0.4, 0.5) is 5.82 Å². The fourth-order valence-corrected chi connectivity index (χ4v) is 2.99. The van der Waals surface area contributed by atoms with Crippen molar-refractivity contribution < 1.29 is 0 Å². The van der Waals surface area contributed by atoms with Gasteiger partial charge in [0.2, 0.25) is 0 Å². The van der Waals surface area contributed by atoms with Gasteiger partial charge in [0.1, 0.15) is 5.65 Å². The van der Waals surface area contributed by atoms with Gasteiger partial charge in [-0.2, -0.15) is 11.8 Å². The Kier molecular flexibility index (Phi) is 5.31. The number of imidazole rings is 1. The zero-order chi connectivity index (χ0) is 14.5. The number of rotatable bonds is 7. The van der Waals surface area contributed by atoms with E-state index in [0.717, 1.165) is 30.3 Å². The maximum absolute atomic E-state index is 4.81. The monoisotopic (exact) mass is 292 g/mol. The van der Waals surface area contributed by atoms with Gasteiger partial charge >= 0.3 is 0 Å². The van der Waals surface area contributed by atoms with E-state index in [-0.39, 0.29) is 0 Å². The Hall–Kier alpha value is -1.20. The lowest BCUT2D eigenvalue weighted by molar-refractivity contribution is 0.691. The normalized spacial score (nSPS) is 12.8. The van der Waals surface area contributed by atoms with Gasteiger partial charge in [-0.3, -0.25) is 0 Å². The van der Waals surface area contributed by atoms with E-state index in [1.807, 2.05) is 17.8 Å². The van der Waals surface area contributed by atoms with Crippen molar-refractivity contribution in [1.82, 2.24) is 14.7 Å². The molecule has 2 heterocycles. The van der Waals surface area contributed by atoms with E-state index < -0.39 is 0 Å². The molecule has 20 heavy (non-hydrogen) atoms. The summed E-state index contributed by atoms with van der Waals surface area (Å²) in [4.78, 5) is 7.10. The molecule has 2 rings (SSSR count). The molecule has 1 N–H and O–H groups in total. The van der Waals surface area contributed by atoms with Crippen molar-refractivity contribution in [2.24, 2.45) is 0 Å². The molecule has 0 aliphatic carbocycles. The molecule has 0 amide bonds. The first kappa shape index (κ1) is 15.2. The highest BCUT2D eigenvalue weighted by atomic mass is 32.2. The third-order valence-electron chi connectivity index (χ3n) is 3.55. The van der Waals surface area contributed by atoms with Crippen LogP contribution in [0.1, 0.15) is 19.5 Å². The first-order chi connectivity index (χ1) is 9.69. The zero-order valence-corrected chi connectivity index (χ0v) is 13.6. The molecule has 0 aromatic carbocycles. The molecule has 0 radical (unpaired) electrons. The predicted octanol–water partition coefficient (Wildman–Crippen LogP) is 2.63. The van der Waals surface area contributed by atoms with Crippen LogP contribution in [0, 0.1) is 0 Å². The molecule has 110 valence electrons. The lowest BCUT2D eigenvalue weighted by atomic mass is 10.3. The average Bonchev–Trinajstić information content (AvgIpc) is 2.83. The summed E-state index contributed by atoms with van der Waals surface area (Å²) in [5.41, 5.74) is 2.25. The van der Waals surface area contributed by atoms with E-state index in [1.54, 1.807) is 0 Å². The first-order valence-electron chi connectivity index (χ1n) is 7.07. The molecular formula is C15H24N4S. The van der Waals surface area contributed by atoms with Crippen LogP contribution < -0.4 is 10.2 Å². The van der Waals surface area contributed by atoms with Gasteiger partial charge in [0.15, 0.2) is 5.82 Å². The number of nitrogens with one attached hydrogen (secondary N) is 1. The molecule has 0 bridgehead atoms. The number of aromatic nitrogens is 2. The Morgan fingerprint density at radius 2 is 2.25 bits per heavy atom. The van der Waals surface area contributed by atoms with Crippen LogP contribution in [0.2, 0.25) is 0 Å². The minimum absolute atomic E-state index is 0.468. The molecule has 0 saturated carbocycles. The van der Waals surface area contributed by atoms with Gasteiger partial charge in [-0.1, -0.05) is 13.0 Å². The summed E-state index contributed by atoms with van der Waals surface area (Å²) in [6.07, 6.45) is 4.24. The quantitative estimate of drug-likeness (QED) is 0.850. The summed E-state index contributed by atoms with van der Waals surface area (Å²) >= 11 is 1.87. The lowest BCUT2D eigenvalue weighted by Crippen LogP contribution is -2.32. The molecule has 0 saturated heterocycles. The first-order valence-corrected chi connectivity index (χ1v) is 8.46. The molecule has 2 aromatic rings. The zero-order valence-electron chi connectivity index (χ0n) is 12.8. The van der Waals surface area contributed by atoms with Gasteiger partial charge < -0.3 is 14.6 Å². The number of pyridine rings is 1. The standard InChI is InChI=1S/C15H24N4S/c1-5-16-10-13-15(18(3)12(2)11-20-4)17-14-8-6-7-9-19(13)14/h6-9,12,16H,5,10-11H2,1-4H3. The van der Waals surface area contributed by atoms with Crippen molar-refractivity contribution in [3.8, 4) is 0 Å². The average molecular weight is 292 g/mol. The van der Waals surface area contributed by atoms with E-state index in [9.17, 15) is 0 Å². The van der Waals surface area contributed by atoms with Crippen molar-refractivity contribution in [1.29, 1.82) is 0 Å². The Balaban J connectivity index is 2.39. The highest BCUT2D eigenvalue weighted by Crippen LogP contribution is 2.23. The summed E-state index contributed by atoms with van der Waals surface area (Å²) in [7, 11) is 2.14. The predicted molar refractivity (Wildman–Crippen MR) is 88.8 cm³/mol. The van der Waals surface area contributed by atoms with Gasteiger partial charge in [0.05, 0.1) is 5.69 Å². The largest absolute Gasteiger partial charge is 0.355 e. The molecule has 0 aliphatic rings. The van der Waals surface area contributed by atoms with Crippen molar-refractivity contribution in [2.45, 2.75) is 26.4 Å². The molecule has 0 fully saturated rings. The maximum atomic E-state index is 4.81. The molecule has 1 atom stereocenters. The van der Waals surface area contributed by atoms with E-state index in [0.29, 0.717) is 6.04 Å². The van der Waals surface area contributed by atoms with Gasteiger partial charge in [0.25, 0.3) is 0 Å². The minimum atomic E-state index is 0.468. The van der Waals surface area contributed by atoms with Crippen molar-refractivity contribution in [2.75, 3.05) is 30.5 Å². The third kappa shape index (κ3) is 3.10. The molecule has 2 aromatic heterocycles. The van der Waals surface area contributed by atoms with Crippen molar-refractivity contribution in [3.63, 3.8) is 0 Å². The summed E-state index contributed by atoms with van der Waals surface area (Å²) in [6.45, 7) is 6.18. The fourth-order valence-electron chi connectivity index (χ4n) is 2.29. The molecule has 1 unspecified atom stereocenters. The van der Waals surface area contributed by atoms with Crippen LogP contribution in [0.5, 0.6) is 0 Å². The summed E-state index contributed by atoms with van der Waals surface area (Å²) < 4.78 is 2.18. The molecule has 0 spiro atoms. The number of thioether (sulfide) groups is 1. The van der Waals surface area contributed by atoms with Crippen LogP contribution >= 0.6 is 11.8 Å². The van der Waals surface area contributed by atoms with Crippen molar-refractivity contribution in [3.05, 3.63) is 30.1 Å². The van der Waals surface area contributed by atoms with Gasteiger partial charge in [-0.25, -0.2) is 4.98 Å². The van der Waals surface area contributed by atoms with E-state index in [4.69, 9.17) is 4.98 Å². The van der Waals surface area contributed by atoms with Crippen LogP contribution in [0.25, 0.3) is 5.65 Å². The maximum Gasteiger partial charge on any atom is 0.152 e. The van der Waals surface area contributed by atoms with Crippen molar-refractivity contribution >= 4 is 23.2 Å². The van der Waals surface area contributed by atoms with E-state index in [2.05, 4.69) is 60.1 Å². The van der Waals surface area contributed by atoms with Gasteiger partial charge in [0, 0.05) is 31.6 Å². The Morgan fingerprint density at radius 1 is 1.45 bits per heavy atom. The molecular weight excluding hydrogens is 268 g/mol. The second-order valence-electron chi connectivity index (χ2n) is 5.01. The highest BCUT2D eigenvalue weighted by Gasteiger charge is 2.18. The summed E-state index contributed by atoms with van der Waals surface area (Å²) in [5, 5.41) is 3.42. The van der Waals surface area contributed by atoms with Crippen LogP contribution in [-0.4, -0.2) is 41.0 Å². The van der Waals surface area contributed by atoms with Gasteiger partial charge in [-0.05, 0) is 31.9 Å². The smallest absolute Gasteiger partial charge is 0.152 e. The van der Waals surface area contributed by atoms with Crippen LogP contribution in [-0.2, 0) is 6.54 Å². The SMILES string of the molecule is CCNCc1c(N(C)C(C)CSC)nc2ccccn12. The summed E-state index contributed by atoms with van der Waals surface area (Å²) in [5.74, 6) is 2.18. The number of hydrogen-bond donors (Lipinski definition) is 1. The third-order valence-corrected chi connectivity index (χ3v) is 4.37. The molecule has 4 nitrogen and oxygen atoms in total. The second kappa shape index (κ2) is 6.99. The van der Waals surface area contributed by atoms with E-state index in [1.165, 1.54) is 5.69 Å². The minimum Gasteiger partial charge on any atom is -0.355 e.